The minimum Gasteiger partial charge on any atom is -0.339 e. The van der Waals surface area contributed by atoms with Gasteiger partial charge in [-0.3, -0.25) is 4.79 Å². The van der Waals surface area contributed by atoms with Crippen molar-refractivity contribution in [1.29, 1.82) is 0 Å². The van der Waals surface area contributed by atoms with Crippen LogP contribution in [-0.4, -0.2) is 60.6 Å². The van der Waals surface area contributed by atoms with Gasteiger partial charge >= 0.3 is 0 Å². The molecule has 2 saturated carbocycles. The first kappa shape index (κ1) is 13.9. The third-order valence-electron chi connectivity index (χ3n) is 5.58. The lowest BCUT2D eigenvalue weighted by molar-refractivity contribution is -0.161. The minimum atomic E-state index is -3.12. The van der Waals surface area contributed by atoms with Crippen LogP contribution in [0, 0.1) is 5.41 Å². The standard InChI is InChI=1S/C14H21FN2O3S/c15-14(4-1-5-14)12(18)16-8-13(9-16)6-7-17(10-13)21(19,20)11-2-3-11/h11H,1-10H2. The van der Waals surface area contributed by atoms with E-state index in [4.69, 9.17) is 0 Å². The molecule has 0 N–H and O–H groups in total. The average Bonchev–Trinajstić information content (AvgIpc) is 3.12. The molecule has 0 atom stereocenters. The fourth-order valence-corrected chi connectivity index (χ4v) is 5.79. The second-order valence-electron chi connectivity index (χ2n) is 7.31. The summed E-state index contributed by atoms with van der Waals surface area (Å²) in [5.41, 5.74) is -1.74. The van der Waals surface area contributed by atoms with Gasteiger partial charge in [-0.1, -0.05) is 0 Å². The molecule has 2 aliphatic carbocycles. The summed E-state index contributed by atoms with van der Waals surface area (Å²) < 4.78 is 40.2. The predicted octanol–water partition coefficient (Wildman–Crippen LogP) is 0.905. The molecule has 0 aromatic rings. The van der Waals surface area contributed by atoms with Crippen molar-refractivity contribution in [1.82, 2.24) is 9.21 Å². The van der Waals surface area contributed by atoms with Crippen LogP contribution in [0.5, 0.6) is 0 Å². The number of halogens is 1. The summed E-state index contributed by atoms with van der Waals surface area (Å²) in [6.45, 7) is 2.11. The van der Waals surface area contributed by atoms with Gasteiger partial charge in [0.05, 0.1) is 5.25 Å². The molecule has 2 heterocycles. The number of likely N-dealkylation sites (tertiary alicyclic amines) is 1. The summed E-state index contributed by atoms with van der Waals surface area (Å²) in [6.07, 6.45) is 3.83. The summed E-state index contributed by atoms with van der Waals surface area (Å²) in [5, 5.41) is -0.172. The second kappa shape index (κ2) is 4.19. The van der Waals surface area contributed by atoms with E-state index in [0.717, 1.165) is 25.7 Å². The number of hydrogen-bond acceptors (Lipinski definition) is 3. The first-order valence-corrected chi connectivity index (χ1v) is 9.32. The van der Waals surface area contributed by atoms with E-state index in [1.807, 2.05) is 0 Å². The van der Waals surface area contributed by atoms with Crippen molar-refractivity contribution in [2.75, 3.05) is 26.2 Å². The minimum absolute atomic E-state index is 0.113. The van der Waals surface area contributed by atoms with Crippen molar-refractivity contribution in [3.8, 4) is 0 Å². The van der Waals surface area contributed by atoms with E-state index in [9.17, 15) is 17.6 Å². The third-order valence-corrected chi connectivity index (χ3v) is 7.92. The van der Waals surface area contributed by atoms with Crippen LogP contribution in [0.2, 0.25) is 0 Å². The quantitative estimate of drug-likeness (QED) is 0.777. The monoisotopic (exact) mass is 316 g/mol. The molecule has 1 spiro atoms. The number of carbonyl (C=O) groups is 1. The fourth-order valence-electron chi connectivity index (χ4n) is 3.84. The Bertz CT molecular complexity index is 577. The maximum absolute atomic E-state index is 14.1. The summed E-state index contributed by atoms with van der Waals surface area (Å²) in [7, 11) is -3.12. The zero-order chi connectivity index (χ0) is 14.9. The highest BCUT2D eigenvalue weighted by molar-refractivity contribution is 7.90. The van der Waals surface area contributed by atoms with Gasteiger partial charge < -0.3 is 4.90 Å². The van der Waals surface area contributed by atoms with Gasteiger partial charge in [0, 0.05) is 31.6 Å². The number of sulfonamides is 1. The Morgan fingerprint density at radius 2 is 1.76 bits per heavy atom. The Morgan fingerprint density at radius 1 is 1.10 bits per heavy atom. The lowest BCUT2D eigenvalue weighted by atomic mass is 9.75. The van der Waals surface area contributed by atoms with Crippen LogP contribution in [0.1, 0.15) is 38.5 Å². The molecule has 1 amide bonds. The maximum Gasteiger partial charge on any atom is 0.260 e. The molecule has 5 nitrogen and oxygen atoms in total. The number of rotatable bonds is 3. The predicted molar refractivity (Wildman–Crippen MR) is 74.8 cm³/mol. The van der Waals surface area contributed by atoms with Gasteiger partial charge in [0.15, 0.2) is 5.67 Å². The van der Waals surface area contributed by atoms with E-state index in [0.29, 0.717) is 39.0 Å². The highest BCUT2D eigenvalue weighted by atomic mass is 32.2. The first-order valence-electron chi connectivity index (χ1n) is 7.82. The van der Waals surface area contributed by atoms with E-state index < -0.39 is 15.7 Å². The molecule has 4 rings (SSSR count). The molecule has 4 fully saturated rings. The smallest absolute Gasteiger partial charge is 0.260 e. The topological polar surface area (TPSA) is 57.7 Å². The van der Waals surface area contributed by atoms with Crippen molar-refractivity contribution in [2.24, 2.45) is 5.41 Å². The van der Waals surface area contributed by atoms with Gasteiger partial charge in [-0.05, 0) is 38.5 Å². The van der Waals surface area contributed by atoms with Crippen LogP contribution in [0.15, 0.2) is 0 Å². The number of alkyl halides is 1. The molecule has 0 bridgehead atoms. The molecule has 4 aliphatic rings. The van der Waals surface area contributed by atoms with Crippen LogP contribution in [0.4, 0.5) is 4.39 Å². The average molecular weight is 316 g/mol. The first-order chi connectivity index (χ1) is 9.85. The van der Waals surface area contributed by atoms with Crippen molar-refractivity contribution in [3.05, 3.63) is 0 Å². The Hall–Kier alpha value is -0.690. The van der Waals surface area contributed by atoms with E-state index in [-0.39, 0.29) is 16.6 Å². The Labute approximate surface area is 124 Å². The number of amides is 1. The Balaban J connectivity index is 1.38. The molecule has 0 aromatic carbocycles. The van der Waals surface area contributed by atoms with Crippen molar-refractivity contribution in [3.63, 3.8) is 0 Å². The second-order valence-corrected chi connectivity index (χ2v) is 9.52. The molecule has 0 aromatic heterocycles. The zero-order valence-corrected chi connectivity index (χ0v) is 12.9. The number of nitrogens with zero attached hydrogens (tertiary/aromatic N) is 2. The molecule has 2 saturated heterocycles. The summed E-state index contributed by atoms with van der Waals surface area (Å²) in [6, 6.07) is 0. The number of hydrogen-bond donors (Lipinski definition) is 0. The number of carbonyl (C=O) groups excluding carboxylic acids is 1. The van der Waals surface area contributed by atoms with Crippen molar-refractivity contribution < 1.29 is 17.6 Å². The van der Waals surface area contributed by atoms with Gasteiger partial charge in [-0.2, -0.15) is 0 Å². The van der Waals surface area contributed by atoms with E-state index in [2.05, 4.69) is 0 Å². The van der Waals surface area contributed by atoms with Gasteiger partial charge in [0.2, 0.25) is 10.0 Å². The highest BCUT2D eigenvalue weighted by Gasteiger charge is 2.57. The molecular weight excluding hydrogens is 295 g/mol. The highest BCUT2D eigenvalue weighted by Crippen LogP contribution is 2.46. The summed E-state index contributed by atoms with van der Waals surface area (Å²) in [5.74, 6) is -0.372. The Morgan fingerprint density at radius 3 is 2.29 bits per heavy atom. The zero-order valence-electron chi connectivity index (χ0n) is 12.1. The van der Waals surface area contributed by atoms with Crippen LogP contribution >= 0.6 is 0 Å². The molecule has 118 valence electrons. The molecule has 21 heavy (non-hydrogen) atoms. The molecule has 0 unspecified atom stereocenters. The van der Waals surface area contributed by atoms with Gasteiger partial charge in [0.1, 0.15) is 0 Å². The van der Waals surface area contributed by atoms with E-state index in [1.165, 1.54) is 0 Å². The van der Waals surface area contributed by atoms with E-state index in [1.54, 1.807) is 9.21 Å². The SMILES string of the molecule is O=C(N1CC2(CCN(S(=O)(=O)C3CC3)C2)C1)C1(F)CCC1. The normalized spacial score (nSPS) is 31.0. The van der Waals surface area contributed by atoms with Crippen LogP contribution in [-0.2, 0) is 14.8 Å². The lowest BCUT2D eigenvalue weighted by Crippen LogP contribution is -2.64. The summed E-state index contributed by atoms with van der Waals surface area (Å²) >= 11 is 0. The summed E-state index contributed by atoms with van der Waals surface area (Å²) in [4.78, 5) is 13.7. The lowest BCUT2D eigenvalue weighted by Gasteiger charge is -2.51. The Kier molecular flexibility index (Phi) is 2.78. The van der Waals surface area contributed by atoms with Crippen LogP contribution in [0.25, 0.3) is 0 Å². The van der Waals surface area contributed by atoms with Gasteiger partial charge in [-0.25, -0.2) is 17.1 Å². The van der Waals surface area contributed by atoms with Crippen LogP contribution in [0.3, 0.4) is 0 Å². The van der Waals surface area contributed by atoms with E-state index >= 15 is 0 Å². The molecule has 0 radical (unpaired) electrons. The van der Waals surface area contributed by atoms with Gasteiger partial charge in [-0.15, -0.1) is 0 Å². The maximum atomic E-state index is 14.1. The van der Waals surface area contributed by atoms with Crippen LogP contribution < -0.4 is 0 Å². The fraction of sp³-hybridized carbons (Fsp3) is 0.929. The van der Waals surface area contributed by atoms with Crippen molar-refractivity contribution in [2.45, 2.75) is 49.4 Å². The largest absolute Gasteiger partial charge is 0.339 e. The molecule has 7 heteroatoms. The van der Waals surface area contributed by atoms with Gasteiger partial charge in [0.25, 0.3) is 5.91 Å². The molecular formula is C14H21FN2O3S. The molecule has 2 aliphatic heterocycles. The third kappa shape index (κ3) is 2.04. The van der Waals surface area contributed by atoms with Crippen molar-refractivity contribution >= 4 is 15.9 Å².